The van der Waals surface area contributed by atoms with Gasteiger partial charge in [-0.2, -0.15) is 0 Å². The maximum atomic E-state index is 6.84. The van der Waals surface area contributed by atoms with Crippen LogP contribution in [0.1, 0.15) is 25.0 Å². The summed E-state index contributed by atoms with van der Waals surface area (Å²) in [6.45, 7) is 4.51. The molecule has 5 rings (SSSR count). The van der Waals surface area contributed by atoms with Gasteiger partial charge in [0.05, 0.1) is 5.41 Å². The molecule has 3 heteroatoms. The molecular weight excluding hydrogens is 342 g/mol. The van der Waals surface area contributed by atoms with Crippen LogP contribution in [0.3, 0.4) is 0 Å². The minimum Gasteiger partial charge on any atom is -0.462 e. The van der Waals surface area contributed by atoms with Crippen LogP contribution in [0.4, 0.5) is 5.69 Å². The molecule has 2 aliphatic rings. The zero-order valence-electron chi connectivity index (χ0n) is 15.1. The number of benzene rings is 3. The fourth-order valence-corrected chi connectivity index (χ4v) is 4.84. The number of hydrogen-bond donors (Lipinski definition) is 0. The van der Waals surface area contributed by atoms with Crippen molar-refractivity contribution < 1.29 is 4.74 Å². The monoisotopic (exact) mass is 361 g/mol. The second kappa shape index (κ2) is 5.05. The summed E-state index contributed by atoms with van der Waals surface area (Å²) in [6.07, 6.45) is 4.34. The summed E-state index contributed by atoms with van der Waals surface area (Å²) >= 11 is 6.50. The Hall–Kier alpha value is -2.45. The van der Waals surface area contributed by atoms with Crippen LogP contribution in [0.25, 0.3) is 16.8 Å². The highest BCUT2D eigenvalue weighted by molar-refractivity contribution is 6.36. The van der Waals surface area contributed by atoms with Crippen molar-refractivity contribution in [1.29, 1.82) is 0 Å². The second-order valence-electron chi connectivity index (χ2n) is 7.66. The summed E-state index contributed by atoms with van der Waals surface area (Å²) in [4.78, 5) is 2.26. The molecule has 0 saturated carbocycles. The van der Waals surface area contributed by atoms with E-state index < -0.39 is 5.72 Å². The van der Waals surface area contributed by atoms with Crippen molar-refractivity contribution in [2.75, 3.05) is 11.9 Å². The molecule has 3 aromatic carbocycles. The van der Waals surface area contributed by atoms with E-state index in [1.807, 2.05) is 24.3 Å². The Morgan fingerprint density at radius 3 is 2.42 bits per heavy atom. The Morgan fingerprint density at radius 2 is 1.65 bits per heavy atom. The van der Waals surface area contributed by atoms with E-state index in [0.29, 0.717) is 0 Å². The molecule has 0 N–H and O–H groups in total. The van der Waals surface area contributed by atoms with Crippen LogP contribution < -0.4 is 9.64 Å². The summed E-state index contributed by atoms with van der Waals surface area (Å²) in [5.74, 6) is 0.903. The lowest BCUT2D eigenvalue weighted by Gasteiger charge is -2.46. The predicted octanol–water partition coefficient (Wildman–Crippen LogP) is 6.02. The quantitative estimate of drug-likeness (QED) is 0.485. The Labute approximate surface area is 158 Å². The molecule has 1 spiro atoms. The largest absolute Gasteiger partial charge is 0.462 e. The van der Waals surface area contributed by atoms with E-state index in [-0.39, 0.29) is 5.41 Å². The third-order valence-electron chi connectivity index (χ3n) is 6.05. The third kappa shape index (κ3) is 1.78. The summed E-state index contributed by atoms with van der Waals surface area (Å²) in [6, 6.07) is 18.7. The van der Waals surface area contributed by atoms with Crippen LogP contribution in [-0.2, 0) is 5.41 Å². The number of halogens is 1. The molecule has 0 aliphatic carbocycles. The van der Waals surface area contributed by atoms with E-state index >= 15 is 0 Å². The van der Waals surface area contributed by atoms with E-state index in [1.165, 1.54) is 11.3 Å². The summed E-state index contributed by atoms with van der Waals surface area (Å²) < 4.78 is 6.84. The highest BCUT2D eigenvalue weighted by Gasteiger charge is 2.57. The molecule has 2 nitrogen and oxygen atoms in total. The van der Waals surface area contributed by atoms with E-state index in [0.717, 1.165) is 27.1 Å². The van der Waals surface area contributed by atoms with Crippen molar-refractivity contribution in [1.82, 2.24) is 0 Å². The number of nitrogens with zero attached hydrogens (tertiary/aromatic N) is 1. The van der Waals surface area contributed by atoms with Crippen molar-refractivity contribution in [3.8, 4) is 5.75 Å². The number of ether oxygens (including phenoxy) is 1. The number of rotatable bonds is 0. The Balaban J connectivity index is 1.76. The van der Waals surface area contributed by atoms with Gasteiger partial charge >= 0.3 is 0 Å². The minimum absolute atomic E-state index is 0.201. The topological polar surface area (TPSA) is 12.5 Å². The lowest BCUT2D eigenvalue weighted by Crippen LogP contribution is -2.58. The maximum absolute atomic E-state index is 6.84. The predicted molar refractivity (Wildman–Crippen MR) is 109 cm³/mol. The standard InChI is InChI=1S/C23H20ClNO/c1-22(2)18-10-6-7-11-20(18)25(3)23(22)13-12-15-14-19(24)16-8-4-5-9-17(16)21(15)26-23/h4-14H,1-3H3. The smallest absolute Gasteiger partial charge is 0.211 e. The fraction of sp³-hybridized carbons (Fsp3) is 0.217. The Morgan fingerprint density at radius 1 is 0.962 bits per heavy atom. The highest BCUT2D eigenvalue weighted by Crippen LogP contribution is 2.55. The molecule has 1 unspecified atom stereocenters. The lowest BCUT2D eigenvalue weighted by atomic mass is 9.76. The first-order chi connectivity index (χ1) is 12.5. The van der Waals surface area contributed by atoms with Gasteiger partial charge < -0.3 is 9.64 Å². The van der Waals surface area contributed by atoms with Gasteiger partial charge in [0, 0.05) is 34.1 Å². The van der Waals surface area contributed by atoms with Crippen LogP contribution in [0, 0.1) is 0 Å². The van der Waals surface area contributed by atoms with Crippen molar-refractivity contribution in [3.05, 3.63) is 76.8 Å². The lowest BCUT2D eigenvalue weighted by molar-refractivity contribution is 0.0598. The molecule has 2 heterocycles. The number of hydrogen-bond acceptors (Lipinski definition) is 2. The molecule has 0 saturated heterocycles. The van der Waals surface area contributed by atoms with E-state index in [4.69, 9.17) is 16.3 Å². The van der Waals surface area contributed by atoms with Gasteiger partial charge in [-0.3, -0.25) is 0 Å². The fourth-order valence-electron chi connectivity index (χ4n) is 4.56. The van der Waals surface area contributed by atoms with Crippen molar-refractivity contribution in [2.45, 2.75) is 25.0 Å². The molecule has 1 atom stereocenters. The Kier molecular flexibility index (Phi) is 3.06. The summed E-state index contributed by atoms with van der Waals surface area (Å²) in [5.41, 5.74) is 2.77. The SMILES string of the molecule is CN1c2ccccc2C(C)(C)C12C=Cc1cc(Cl)c3ccccc3c1O2. The zero-order chi connectivity index (χ0) is 18.1. The molecule has 3 aromatic rings. The van der Waals surface area contributed by atoms with Gasteiger partial charge in [0.1, 0.15) is 5.75 Å². The number of para-hydroxylation sites is 1. The molecule has 0 aromatic heterocycles. The van der Waals surface area contributed by atoms with Crippen LogP contribution in [0.2, 0.25) is 5.02 Å². The van der Waals surface area contributed by atoms with Gasteiger partial charge in [0.25, 0.3) is 0 Å². The first-order valence-corrected chi connectivity index (χ1v) is 9.26. The Bertz CT molecular complexity index is 1080. The van der Waals surface area contributed by atoms with Crippen molar-refractivity contribution in [2.24, 2.45) is 0 Å². The van der Waals surface area contributed by atoms with Gasteiger partial charge in [-0.15, -0.1) is 0 Å². The highest BCUT2D eigenvalue weighted by atomic mass is 35.5. The van der Waals surface area contributed by atoms with Crippen LogP contribution in [-0.4, -0.2) is 12.8 Å². The molecule has 130 valence electrons. The molecule has 0 amide bonds. The maximum Gasteiger partial charge on any atom is 0.211 e. The van der Waals surface area contributed by atoms with Crippen LogP contribution in [0.15, 0.2) is 60.7 Å². The molecule has 2 aliphatic heterocycles. The van der Waals surface area contributed by atoms with Crippen LogP contribution in [0.5, 0.6) is 5.75 Å². The van der Waals surface area contributed by atoms with E-state index in [9.17, 15) is 0 Å². The van der Waals surface area contributed by atoms with Gasteiger partial charge in [0.15, 0.2) is 0 Å². The normalized spacial score (nSPS) is 22.4. The van der Waals surface area contributed by atoms with E-state index in [1.54, 1.807) is 0 Å². The minimum atomic E-state index is -0.569. The third-order valence-corrected chi connectivity index (χ3v) is 6.37. The van der Waals surface area contributed by atoms with Gasteiger partial charge in [-0.1, -0.05) is 54.1 Å². The average molecular weight is 362 g/mol. The molecule has 26 heavy (non-hydrogen) atoms. The first-order valence-electron chi connectivity index (χ1n) is 8.88. The van der Waals surface area contributed by atoms with Gasteiger partial charge in [0.2, 0.25) is 5.72 Å². The average Bonchev–Trinajstić information content (AvgIpc) is 2.82. The number of anilines is 1. The number of likely N-dealkylation sites (N-methyl/N-ethyl adjacent to an activating group) is 1. The number of fused-ring (bicyclic) bond motifs is 4. The molecule has 0 radical (unpaired) electrons. The molecule has 0 bridgehead atoms. The van der Waals surface area contributed by atoms with Gasteiger partial charge in [-0.05, 0) is 43.7 Å². The summed E-state index contributed by atoms with van der Waals surface area (Å²) in [5, 5.41) is 2.83. The van der Waals surface area contributed by atoms with Gasteiger partial charge in [-0.25, -0.2) is 0 Å². The summed E-state index contributed by atoms with van der Waals surface area (Å²) in [7, 11) is 2.11. The molecular formula is C23H20ClNO. The van der Waals surface area contributed by atoms with Crippen molar-refractivity contribution >= 4 is 34.1 Å². The van der Waals surface area contributed by atoms with Crippen molar-refractivity contribution in [3.63, 3.8) is 0 Å². The zero-order valence-corrected chi connectivity index (χ0v) is 15.8. The first kappa shape index (κ1) is 15.8. The second-order valence-corrected chi connectivity index (χ2v) is 8.06. The van der Waals surface area contributed by atoms with E-state index in [2.05, 4.69) is 68.3 Å². The van der Waals surface area contributed by atoms with Crippen LogP contribution >= 0.6 is 11.6 Å². The molecule has 0 fully saturated rings.